The van der Waals surface area contributed by atoms with Gasteiger partial charge in [-0.25, -0.2) is 9.18 Å². The van der Waals surface area contributed by atoms with E-state index in [0.717, 1.165) is 36.2 Å². The number of carbonyl (C=O) groups is 1. The van der Waals surface area contributed by atoms with Crippen LogP contribution in [-0.2, 0) is 11.3 Å². The molecule has 2 rings (SSSR count). The van der Waals surface area contributed by atoms with E-state index < -0.39 is 35.4 Å². The molecule has 1 heterocycles. The van der Waals surface area contributed by atoms with Crippen LogP contribution in [-0.4, -0.2) is 28.9 Å². The van der Waals surface area contributed by atoms with Gasteiger partial charge in [-0.3, -0.25) is 4.79 Å². The van der Waals surface area contributed by atoms with Gasteiger partial charge in [0.2, 0.25) is 5.43 Å². The van der Waals surface area contributed by atoms with Crippen molar-refractivity contribution in [2.45, 2.75) is 12.7 Å². The first-order chi connectivity index (χ1) is 10.7. The maximum absolute atomic E-state index is 13.3. The number of aromatic nitrogens is 1. The standard InChI is InChI=1S/C15H12F3NO4/c1-23-15(17,18)8-19-6-11(9-2-4-10(16)5-3-9)13(20)12(7-19)14(21)22/h2-7H,8H2,1H3,(H,21,22). The topological polar surface area (TPSA) is 68.5 Å². The molecule has 0 aliphatic rings. The molecule has 1 aromatic heterocycles. The number of benzene rings is 1. The van der Waals surface area contributed by atoms with Crippen molar-refractivity contribution in [1.29, 1.82) is 0 Å². The van der Waals surface area contributed by atoms with Crippen LogP contribution >= 0.6 is 0 Å². The van der Waals surface area contributed by atoms with E-state index in [4.69, 9.17) is 5.11 Å². The van der Waals surface area contributed by atoms with Crippen LogP contribution in [0.15, 0.2) is 41.5 Å². The van der Waals surface area contributed by atoms with Crippen LogP contribution in [0.5, 0.6) is 0 Å². The summed E-state index contributed by atoms with van der Waals surface area (Å²) in [6.45, 7) is -0.974. The molecular formula is C15H12F3NO4. The Morgan fingerprint density at radius 2 is 1.87 bits per heavy atom. The fourth-order valence-electron chi connectivity index (χ4n) is 1.99. The average Bonchev–Trinajstić information content (AvgIpc) is 2.49. The Morgan fingerprint density at radius 1 is 1.26 bits per heavy atom. The van der Waals surface area contributed by atoms with Gasteiger partial charge in [0.05, 0.1) is 0 Å². The zero-order valence-corrected chi connectivity index (χ0v) is 11.9. The normalized spacial score (nSPS) is 11.5. The molecule has 0 unspecified atom stereocenters. The van der Waals surface area contributed by atoms with Gasteiger partial charge >= 0.3 is 12.1 Å². The zero-order valence-electron chi connectivity index (χ0n) is 11.9. The number of nitrogens with zero attached hydrogens (tertiary/aromatic N) is 1. The van der Waals surface area contributed by atoms with Crippen molar-refractivity contribution < 1.29 is 27.8 Å². The molecular weight excluding hydrogens is 315 g/mol. The van der Waals surface area contributed by atoms with Gasteiger partial charge in [0.15, 0.2) is 0 Å². The summed E-state index contributed by atoms with van der Waals surface area (Å²) in [5, 5.41) is 9.07. The van der Waals surface area contributed by atoms with Gasteiger partial charge in [0, 0.05) is 25.1 Å². The first kappa shape index (κ1) is 16.8. The van der Waals surface area contributed by atoms with E-state index >= 15 is 0 Å². The summed E-state index contributed by atoms with van der Waals surface area (Å²) >= 11 is 0. The number of halogens is 3. The highest BCUT2D eigenvalue weighted by molar-refractivity contribution is 5.88. The third-order valence-electron chi connectivity index (χ3n) is 3.13. The minimum Gasteiger partial charge on any atom is -0.477 e. The molecule has 0 saturated heterocycles. The van der Waals surface area contributed by atoms with Crippen molar-refractivity contribution in [2.24, 2.45) is 0 Å². The molecule has 0 radical (unpaired) electrons. The number of hydrogen-bond acceptors (Lipinski definition) is 3. The first-order valence-corrected chi connectivity index (χ1v) is 6.40. The number of alkyl halides is 2. The molecule has 0 atom stereocenters. The number of carboxylic acids is 1. The van der Waals surface area contributed by atoms with Gasteiger partial charge < -0.3 is 14.4 Å². The lowest BCUT2D eigenvalue weighted by molar-refractivity contribution is -0.229. The van der Waals surface area contributed by atoms with Crippen LogP contribution in [0.4, 0.5) is 13.2 Å². The third kappa shape index (κ3) is 3.78. The molecule has 0 saturated carbocycles. The largest absolute Gasteiger partial charge is 0.477 e. The van der Waals surface area contributed by atoms with Crippen molar-refractivity contribution in [3.63, 3.8) is 0 Å². The summed E-state index contributed by atoms with van der Waals surface area (Å²) in [4.78, 5) is 23.3. The number of ether oxygens (including phenoxy) is 1. The van der Waals surface area contributed by atoms with E-state index in [9.17, 15) is 22.8 Å². The zero-order chi connectivity index (χ0) is 17.2. The molecule has 0 spiro atoms. The highest BCUT2D eigenvalue weighted by atomic mass is 19.3. The SMILES string of the molecule is COC(F)(F)Cn1cc(C(=O)O)c(=O)c(-c2ccc(F)cc2)c1. The number of methoxy groups -OCH3 is 1. The highest BCUT2D eigenvalue weighted by Gasteiger charge is 2.29. The van der Waals surface area contributed by atoms with Crippen LogP contribution < -0.4 is 5.43 Å². The lowest BCUT2D eigenvalue weighted by atomic mass is 10.0. The monoisotopic (exact) mass is 327 g/mol. The van der Waals surface area contributed by atoms with Crippen molar-refractivity contribution in [3.05, 3.63) is 58.3 Å². The second-order valence-corrected chi connectivity index (χ2v) is 4.74. The molecule has 8 heteroatoms. The maximum atomic E-state index is 13.3. The van der Waals surface area contributed by atoms with Gasteiger partial charge in [-0.2, -0.15) is 8.78 Å². The third-order valence-corrected chi connectivity index (χ3v) is 3.13. The predicted octanol–water partition coefficient (Wildman–Crippen LogP) is 2.59. The van der Waals surface area contributed by atoms with Crippen molar-refractivity contribution in [2.75, 3.05) is 7.11 Å². The molecule has 23 heavy (non-hydrogen) atoms. The van der Waals surface area contributed by atoms with E-state index in [1.165, 1.54) is 12.1 Å². The minimum atomic E-state index is -3.54. The second-order valence-electron chi connectivity index (χ2n) is 4.74. The molecule has 0 bridgehead atoms. The summed E-state index contributed by atoms with van der Waals surface area (Å²) in [6.07, 6.45) is -1.65. The molecule has 1 N–H and O–H groups in total. The van der Waals surface area contributed by atoms with Gasteiger partial charge in [-0.1, -0.05) is 12.1 Å². The summed E-state index contributed by atoms with van der Waals surface area (Å²) < 4.78 is 44.5. The molecule has 5 nitrogen and oxygen atoms in total. The summed E-state index contributed by atoms with van der Waals surface area (Å²) in [6, 6.07) is 4.68. The molecule has 0 amide bonds. The number of rotatable bonds is 5. The van der Waals surface area contributed by atoms with Crippen molar-refractivity contribution in [1.82, 2.24) is 4.57 Å². The number of carboxylic acid groups (broad SMARTS) is 1. The van der Waals surface area contributed by atoms with Crippen LogP contribution in [0.2, 0.25) is 0 Å². The van der Waals surface area contributed by atoms with E-state index in [1.54, 1.807) is 0 Å². The minimum absolute atomic E-state index is 0.128. The lowest BCUT2D eigenvalue weighted by Gasteiger charge is -2.17. The van der Waals surface area contributed by atoms with E-state index in [1.807, 2.05) is 0 Å². The van der Waals surface area contributed by atoms with Crippen molar-refractivity contribution >= 4 is 5.97 Å². The fraction of sp³-hybridized carbons (Fsp3) is 0.200. The molecule has 2 aromatic rings. The molecule has 122 valence electrons. The maximum Gasteiger partial charge on any atom is 0.373 e. The van der Waals surface area contributed by atoms with Crippen LogP contribution in [0.25, 0.3) is 11.1 Å². The number of pyridine rings is 1. The van der Waals surface area contributed by atoms with Gasteiger partial charge in [-0.15, -0.1) is 0 Å². The molecule has 0 aliphatic carbocycles. The quantitative estimate of drug-likeness (QED) is 0.916. The van der Waals surface area contributed by atoms with Crippen LogP contribution in [0.3, 0.4) is 0 Å². The Bertz CT molecular complexity index is 784. The highest BCUT2D eigenvalue weighted by Crippen LogP contribution is 2.20. The Hall–Kier alpha value is -2.61. The Labute approximate surface area is 128 Å². The summed E-state index contributed by atoms with van der Waals surface area (Å²) in [5.41, 5.74) is -1.43. The number of aromatic carboxylic acids is 1. The van der Waals surface area contributed by atoms with Crippen LogP contribution in [0, 0.1) is 5.82 Å². The first-order valence-electron chi connectivity index (χ1n) is 6.40. The Balaban J connectivity index is 2.61. The second kappa shape index (κ2) is 6.25. The summed E-state index contributed by atoms with van der Waals surface area (Å²) in [7, 11) is 0.807. The lowest BCUT2D eigenvalue weighted by Crippen LogP contribution is -2.28. The average molecular weight is 327 g/mol. The van der Waals surface area contributed by atoms with E-state index in [2.05, 4.69) is 4.74 Å². The predicted molar refractivity (Wildman–Crippen MR) is 75.0 cm³/mol. The van der Waals surface area contributed by atoms with Gasteiger partial charge in [0.1, 0.15) is 17.9 Å². The fourth-order valence-corrected chi connectivity index (χ4v) is 1.99. The molecule has 0 fully saturated rings. The smallest absolute Gasteiger partial charge is 0.373 e. The Morgan fingerprint density at radius 3 is 2.39 bits per heavy atom. The summed E-state index contributed by atoms with van der Waals surface area (Å²) in [5.74, 6) is -2.09. The Kier molecular flexibility index (Phi) is 4.55. The van der Waals surface area contributed by atoms with Crippen LogP contribution in [0.1, 0.15) is 10.4 Å². The van der Waals surface area contributed by atoms with E-state index in [0.29, 0.717) is 0 Å². The number of hydrogen-bond donors (Lipinski definition) is 1. The molecule has 0 aliphatic heterocycles. The van der Waals surface area contributed by atoms with Gasteiger partial charge in [-0.05, 0) is 17.7 Å². The van der Waals surface area contributed by atoms with E-state index in [-0.39, 0.29) is 11.1 Å². The molecule has 1 aromatic carbocycles. The van der Waals surface area contributed by atoms with Crippen molar-refractivity contribution in [3.8, 4) is 11.1 Å². The van der Waals surface area contributed by atoms with Gasteiger partial charge in [0.25, 0.3) is 0 Å².